The van der Waals surface area contributed by atoms with Gasteiger partial charge in [-0.25, -0.2) is 4.79 Å². The quantitative estimate of drug-likeness (QED) is 0.520. The van der Waals surface area contributed by atoms with E-state index in [9.17, 15) is 19.8 Å². The van der Waals surface area contributed by atoms with Gasteiger partial charge >= 0.3 is 5.97 Å². The molecule has 0 amide bonds. The van der Waals surface area contributed by atoms with Crippen molar-refractivity contribution >= 4 is 5.97 Å². The molecule has 1 saturated heterocycles. The van der Waals surface area contributed by atoms with Crippen LogP contribution in [0.5, 0.6) is 5.75 Å². The number of carboxylic acid groups (broad SMARTS) is 1. The highest BCUT2D eigenvalue weighted by atomic mass is 16.7. The summed E-state index contributed by atoms with van der Waals surface area (Å²) < 4.78 is 14.5. The van der Waals surface area contributed by atoms with E-state index < -0.39 is 23.9 Å². The van der Waals surface area contributed by atoms with Gasteiger partial charge in [-0.15, -0.1) is 0 Å². The second kappa shape index (κ2) is 8.04. The van der Waals surface area contributed by atoms with Crippen molar-refractivity contribution in [1.82, 2.24) is 14.3 Å². The van der Waals surface area contributed by atoms with Crippen LogP contribution < -0.4 is 10.2 Å². The third-order valence-corrected chi connectivity index (χ3v) is 7.32. The molecule has 36 heavy (non-hydrogen) atoms. The van der Waals surface area contributed by atoms with Crippen molar-refractivity contribution in [1.29, 1.82) is 0 Å². The fourth-order valence-electron chi connectivity index (χ4n) is 4.91. The van der Waals surface area contributed by atoms with Gasteiger partial charge in [-0.3, -0.25) is 9.48 Å². The van der Waals surface area contributed by atoms with Crippen LogP contribution in [0.1, 0.15) is 57.9 Å². The van der Waals surface area contributed by atoms with Crippen molar-refractivity contribution in [3.8, 4) is 28.1 Å². The largest absolute Gasteiger partial charge is 0.496 e. The highest BCUT2D eigenvalue weighted by molar-refractivity contribution is 5.79. The number of aliphatic hydroxyl groups excluding tert-OH is 1. The summed E-state index contributed by atoms with van der Waals surface area (Å²) in [6.45, 7) is 9.68. The van der Waals surface area contributed by atoms with Crippen LogP contribution in [0.25, 0.3) is 22.4 Å². The van der Waals surface area contributed by atoms with Gasteiger partial charge in [-0.2, -0.15) is 5.10 Å². The van der Waals surface area contributed by atoms with Gasteiger partial charge in [0.25, 0.3) is 0 Å². The fraction of sp³-hybridized carbons (Fsp3) is 0.444. The molecule has 4 heterocycles. The monoisotopic (exact) mass is 493 g/mol. The molecular formula is C27H31N3O6. The highest BCUT2D eigenvalue weighted by Gasteiger charge is 2.42. The summed E-state index contributed by atoms with van der Waals surface area (Å²) in [5.74, 6) is -0.382. The van der Waals surface area contributed by atoms with Crippen LogP contribution >= 0.6 is 0 Å². The van der Waals surface area contributed by atoms with Gasteiger partial charge in [0.2, 0.25) is 0 Å². The topological polar surface area (TPSA) is 119 Å². The first-order valence-electron chi connectivity index (χ1n) is 11.9. The fourth-order valence-corrected chi connectivity index (χ4v) is 4.91. The van der Waals surface area contributed by atoms with E-state index in [1.807, 2.05) is 12.3 Å². The first-order valence-corrected chi connectivity index (χ1v) is 11.9. The Labute approximate surface area is 208 Å². The molecule has 0 spiro atoms. The van der Waals surface area contributed by atoms with E-state index >= 15 is 0 Å². The molecule has 1 fully saturated rings. The number of rotatable bonds is 5. The lowest BCUT2D eigenvalue weighted by atomic mass is 9.78. The van der Waals surface area contributed by atoms with Crippen molar-refractivity contribution in [3.63, 3.8) is 0 Å². The van der Waals surface area contributed by atoms with Crippen LogP contribution in [0.3, 0.4) is 0 Å². The zero-order valence-electron chi connectivity index (χ0n) is 21.3. The molecule has 190 valence electrons. The normalized spacial score (nSPS) is 21.0. The number of fused-ring (bicyclic) bond motifs is 3. The Kier molecular flexibility index (Phi) is 5.42. The summed E-state index contributed by atoms with van der Waals surface area (Å²) >= 11 is 0. The smallest absolute Gasteiger partial charge is 0.331 e. The Balaban J connectivity index is 1.67. The summed E-state index contributed by atoms with van der Waals surface area (Å²) in [6, 6.07) is 5.64. The first-order chi connectivity index (χ1) is 16.8. The Morgan fingerprint density at radius 3 is 2.42 bits per heavy atom. The zero-order chi connectivity index (χ0) is 26.2. The Morgan fingerprint density at radius 1 is 1.14 bits per heavy atom. The Bertz CT molecular complexity index is 1430. The second-order valence-corrected chi connectivity index (χ2v) is 11.2. The van der Waals surface area contributed by atoms with Gasteiger partial charge in [0.1, 0.15) is 11.9 Å². The van der Waals surface area contributed by atoms with Crippen molar-refractivity contribution in [3.05, 3.63) is 58.1 Å². The molecule has 1 aromatic carbocycles. The lowest BCUT2D eigenvalue weighted by Crippen LogP contribution is -2.35. The number of pyridine rings is 1. The number of ether oxygens (including phenoxy) is 2. The Hall–Kier alpha value is -3.43. The number of hydrogen-bond acceptors (Lipinski definition) is 6. The molecule has 0 saturated carbocycles. The van der Waals surface area contributed by atoms with Crippen LogP contribution in [-0.2, 0) is 21.5 Å². The number of hydrogen-bond donors (Lipinski definition) is 2. The van der Waals surface area contributed by atoms with E-state index in [4.69, 9.17) is 9.47 Å². The molecule has 3 unspecified atom stereocenters. The molecule has 2 aliphatic heterocycles. The average Bonchev–Trinajstić information content (AvgIpc) is 3.31. The minimum atomic E-state index is -1.20. The lowest BCUT2D eigenvalue weighted by Gasteiger charge is -2.39. The van der Waals surface area contributed by atoms with Crippen molar-refractivity contribution < 1.29 is 24.5 Å². The highest BCUT2D eigenvalue weighted by Crippen LogP contribution is 2.47. The standard InChI is InChI=1S/C27H31N3O6/c1-26(2,3)22-8-14-7-17(15-11-28-30(12-15)27(4,5)25(33)34)21(35-6)9-16(14)19-10-20(31)18(13-29(19)22)23-24(32)36-23/h7,9-13,22-24,32H,8H2,1-6H3,(H,33,34). The first kappa shape index (κ1) is 24.3. The number of methoxy groups -OCH3 is 1. The van der Waals surface area contributed by atoms with Crippen LogP contribution in [-0.4, -0.2) is 43.9 Å². The molecule has 0 aliphatic carbocycles. The molecule has 0 bridgehead atoms. The van der Waals surface area contributed by atoms with E-state index in [0.29, 0.717) is 17.7 Å². The third kappa shape index (κ3) is 3.83. The maximum Gasteiger partial charge on any atom is 0.331 e. The average molecular weight is 494 g/mol. The van der Waals surface area contributed by atoms with E-state index in [2.05, 4.69) is 36.5 Å². The van der Waals surface area contributed by atoms with E-state index in [1.54, 1.807) is 39.4 Å². The van der Waals surface area contributed by atoms with E-state index in [1.165, 1.54) is 4.68 Å². The van der Waals surface area contributed by atoms with Crippen LogP contribution in [0.4, 0.5) is 0 Å². The van der Waals surface area contributed by atoms with E-state index in [0.717, 1.165) is 27.9 Å². The molecule has 0 radical (unpaired) electrons. The predicted octanol–water partition coefficient (Wildman–Crippen LogP) is 3.74. The van der Waals surface area contributed by atoms with Gasteiger partial charge in [0.15, 0.2) is 17.3 Å². The molecule has 3 aromatic rings. The second-order valence-electron chi connectivity index (χ2n) is 11.2. The summed E-state index contributed by atoms with van der Waals surface area (Å²) in [7, 11) is 1.58. The predicted molar refractivity (Wildman–Crippen MR) is 133 cm³/mol. The maximum absolute atomic E-state index is 13.0. The van der Waals surface area contributed by atoms with Gasteiger partial charge in [0, 0.05) is 46.8 Å². The Morgan fingerprint density at radius 2 is 1.83 bits per heavy atom. The summed E-state index contributed by atoms with van der Waals surface area (Å²) in [6.07, 6.45) is 4.39. The van der Waals surface area contributed by atoms with Gasteiger partial charge in [0.05, 0.1) is 19.0 Å². The SMILES string of the molecule is COc1cc2c(cc1-c1cnn(C(C)(C)C(=O)O)c1)CC(C(C)(C)C)n1cc(C3OC3O)c(=O)cc1-2. The van der Waals surface area contributed by atoms with Crippen LogP contribution in [0, 0.1) is 5.41 Å². The molecule has 2 aromatic heterocycles. The molecule has 5 rings (SSSR count). The summed E-state index contributed by atoms with van der Waals surface area (Å²) in [5, 5.41) is 23.7. The number of epoxide rings is 1. The number of aromatic nitrogens is 3. The lowest BCUT2D eigenvalue weighted by molar-refractivity contribution is -0.146. The molecule has 9 nitrogen and oxygen atoms in total. The van der Waals surface area contributed by atoms with Crippen molar-refractivity contribution in [2.24, 2.45) is 5.41 Å². The zero-order valence-corrected chi connectivity index (χ0v) is 21.3. The third-order valence-electron chi connectivity index (χ3n) is 7.32. The van der Waals surface area contributed by atoms with E-state index in [-0.39, 0.29) is 16.9 Å². The number of benzene rings is 1. The summed E-state index contributed by atoms with van der Waals surface area (Å²) in [5.41, 5.74) is 3.25. The van der Waals surface area contributed by atoms with Crippen molar-refractivity contribution in [2.45, 2.75) is 65.0 Å². The number of carbonyl (C=O) groups is 1. The molecule has 3 atom stereocenters. The van der Waals surface area contributed by atoms with Crippen LogP contribution in [0.15, 0.2) is 41.6 Å². The van der Waals surface area contributed by atoms with Gasteiger partial charge < -0.3 is 24.3 Å². The van der Waals surface area contributed by atoms with Crippen LogP contribution in [0.2, 0.25) is 0 Å². The molecule has 2 aliphatic rings. The minimum Gasteiger partial charge on any atom is -0.496 e. The number of aliphatic hydroxyl groups is 1. The number of aliphatic carboxylic acids is 1. The van der Waals surface area contributed by atoms with Gasteiger partial charge in [-0.1, -0.05) is 20.8 Å². The van der Waals surface area contributed by atoms with Crippen molar-refractivity contribution in [2.75, 3.05) is 7.11 Å². The molecule has 9 heteroatoms. The molecule has 2 N–H and O–H groups in total. The minimum absolute atomic E-state index is 0.0464. The summed E-state index contributed by atoms with van der Waals surface area (Å²) in [4.78, 5) is 24.7. The maximum atomic E-state index is 13.0. The van der Waals surface area contributed by atoms with Gasteiger partial charge in [-0.05, 0) is 43.4 Å². The molecular weight excluding hydrogens is 462 g/mol. The number of nitrogens with zero attached hydrogens (tertiary/aromatic N) is 3. The number of carboxylic acids is 1.